The molecule has 5 rings (SSSR count). The number of imidazole rings is 1. The molecule has 36 heavy (non-hydrogen) atoms. The zero-order valence-corrected chi connectivity index (χ0v) is 21.0. The minimum absolute atomic E-state index is 0.106. The van der Waals surface area contributed by atoms with Crippen LogP contribution >= 0.6 is 11.6 Å². The summed E-state index contributed by atoms with van der Waals surface area (Å²) in [6, 6.07) is 3.47. The number of hydrogen-bond acceptors (Lipinski definition) is 7. The Morgan fingerprint density at radius 2 is 2.17 bits per heavy atom. The number of rotatable bonds is 4. The van der Waals surface area contributed by atoms with Crippen LogP contribution in [0.4, 0.5) is 5.82 Å². The molecular formula is C25H25ClN8O2. The molecule has 10 nitrogen and oxygen atoms in total. The molecule has 0 bridgehead atoms. The van der Waals surface area contributed by atoms with Gasteiger partial charge in [0.05, 0.1) is 40.1 Å². The van der Waals surface area contributed by atoms with Gasteiger partial charge in [-0.15, -0.1) is 0 Å². The highest BCUT2D eigenvalue weighted by Crippen LogP contribution is 2.32. The van der Waals surface area contributed by atoms with E-state index in [1.54, 1.807) is 16.7 Å². The molecule has 1 amide bonds. The lowest BCUT2D eigenvalue weighted by Crippen LogP contribution is -2.37. The number of benzene rings is 1. The van der Waals surface area contributed by atoms with Crippen molar-refractivity contribution in [3.8, 4) is 11.8 Å². The van der Waals surface area contributed by atoms with Crippen LogP contribution in [0.25, 0.3) is 22.1 Å². The van der Waals surface area contributed by atoms with Crippen molar-refractivity contribution in [1.29, 1.82) is 0 Å². The summed E-state index contributed by atoms with van der Waals surface area (Å²) in [6.07, 6.45) is 3.35. The third-order valence-electron chi connectivity index (χ3n) is 6.58. The van der Waals surface area contributed by atoms with Crippen molar-refractivity contribution in [3.05, 3.63) is 53.2 Å². The quantitative estimate of drug-likeness (QED) is 0.335. The van der Waals surface area contributed by atoms with E-state index in [-0.39, 0.29) is 23.8 Å². The smallest absolute Gasteiger partial charge is 0.246 e. The van der Waals surface area contributed by atoms with Gasteiger partial charge in [0.1, 0.15) is 23.7 Å². The number of nitrogens with zero attached hydrogens (tertiary/aromatic N) is 7. The Labute approximate surface area is 212 Å². The number of amides is 1. The third-order valence-corrected chi connectivity index (χ3v) is 6.89. The van der Waals surface area contributed by atoms with Crippen LogP contribution in [0.5, 0.6) is 0 Å². The average molecular weight is 505 g/mol. The Bertz CT molecular complexity index is 1580. The second-order valence-corrected chi connectivity index (χ2v) is 9.14. The van der Waals surface area contributed by atoms with Crippen LogP contribution in [0.2, 0.25) is 5.02 Å². The molecule has 0 unspecified atom stereocenters. The predicted octanol–water partition coefficient (Wildman–Crippen LogP) is 2.63. The van der Waals surface area contributed by atoms with Gasteiger partial charge >= 0.3 is 0 Å². The zero-order chi connectivity index (χ0) is 25.6. The van der Waals surface area contributed by atoms with Gasteiger partial charge in [0.2, 0.25) is 5.91 Å². The van der Waals surface area contributed by atoms with Crippen LogP contribution in [0, 0.1) is 18.8 Å². The minimum Gasteiger partial charge on any atom is -0.383 e. The maximum absolute atomic E-state index is 12.4. The molecule has 1 aliphatic rings. The molecule has 4 aromatic rings. The molecular weight excluding hydrogens is 480 g/mol. The Balaban J connectivity index is 1.57. The molecule has 4 heterocycles. The van der Waals surface area contributed by atoms with E-state index in [0.29, 0.717) is 46.9 Å². The Hall–Kier alpha value is -3.94. The summed E-state index contributed by atoms with van der Waals surface area (Å²) in [5.41, 5.74) is 9.59. The topological polar surface area (TPSA) is 117 Å². The molecule has 1 saturated heterocycles. The first kappa shape index (κ1) is 23.8. The van der Waals surface area contributed by atoms with E-state index >= 15 is 0 Å². The number of fused-ring (bicyclic) bond motifs is 2. The summed E-state index contributed by atoms with van der Waals surface area (Å²) >= 11 is 6.54. The molecule has 2 N–H and O–H groups in total. The van der Waals surface area contributed by atoms with Gasteiger partial charge in [-0.25, -0.2) is 19.6 Å². The summed E-state index contributed by atoms with van der Waals surface area (Å²) in [5.74, 6) is 7.25. The maximum atomic E-state index is 12.4. The Morgan fingerprint density at radius 1 is 1.36 bits per heavy atom. The van der Waals surface area contributed by atoms with Gasteiger partial charge in [-0.3, -0.25) is 4.79 Å². The van der Waals surface area contributed by atoms with Crippen molar-refractivity contribution < 1.29 is 9.53 Å². The van der Waals surface area contributed by atoms with Crippen LogP contribution in [0.15, 0.2) is 31.1 Å². The number of hydrogen-bond donors (Lipinski definition) is 1. The monoisotopic (exact) mass is 504 g/mol. The molecule has 2 atom stereocenters. The first-order chi connectivity index (χ1) is 17.3. The van der Waals surface area contributed by atoms with Gasteiger partial charge < -0.3 is 19.9 Å². The lowest BCUT2D eigenvalue weighted by atomic mass is 10.2. The third kappa shape index (κ3) is 3.96. The zero-order valence-electron chi connectivity index (χ0n) is 20.2. The number of halogens is 1. The molecule has 1 aromatic carbocycles. The van der Waals surface area contributed by atoms with Crippen molar-refractivity contribution in [2.45, 2.75) is 25.4 Å². The number of carbonyl (C=O) groups is 1. The summed E-state index contributed by atoms with van der Waals surface area (Å²) in [7, 11) is 3.56. The molecule has 0 aliphatic carbocycles. The van der Waals surface area contributed by atoms with Gasteiger partial charge in [-0.2, -0.15) is 5.10 Å². The van der Waals surface area contributed by atoms with Crippen LogP contribution in [-0.2, 0) is 16.6 Å². The number of anilines is 1. The number of methoxy groups -OCH3 is 1. The first-order valence-corrected chi connectivity index (χ1v) is 11.7. The van der Waals surface area contributed by atoms with Crippen LogP contribution in [0.1, 0.15) is 29.5 Å². The second kappa shape index (κ2) is 9.26. The lowest BCUT2D eigenvalue weighted by molar-refractivity contribution is -0.127. The number of carbonyl (C=O) groups excluding carboxylic acids is 1. The number of nitrogen functional groups attached to an aromatic ring is 1. The predicted molar refractivity (Wildman–Crippen MR) is 137 cm³/mol. The molecule has 1 aliphatic heterocycles. The normalized spacial score (nSPS) is 17.5. The van der Waals surface area contributed by atoms with Gasteiger partial charge in [0.15, 0.2) is 5.65 Å². The maximum Gasteiger partial charge on any atom is 0.246 e. The summed E-state index contributed by atoms with van der Waals surface area (Å²) in [6.45, 7) is 6.41. The van der Waals surface area contributed by atoms with E-state index in [1.807, 2.05) is 30.7 Å². The molecule has 3 aromatic heterocycles. The molecule has 1 fully saturated rings. The van der Waals surface area contributed by atoms with E-state index in [2.05, 4.69) is 33.4 Å². The van der Waals surface area contributed by atoms with E-state index in [9.17, 15) is 4.79 Å². The van der Waals surface area contributed by atoms with Gasteiger partial charge in [0, 0.05) is 26.3 Å². The van der Waals surface area contributed by atoms with Crippen molar-refractivity contribution in [2.75, 3.05) is 26.0 Å². The SMILES string of the molecule is C=CC(=O)N1C[C@@H](n2nc(C#Cc3cc4nc(C)n(C)c4cc3Cl)c3c(N)ncnc32)C[C@@H]1COC. The van der Waals surface area contributed by atoms with Gasteiger partial charge in [-0.1, -0.05) is 24.1 Å². The van der Waals surface area contributed by atoms with E-state index in [4.69, 9.17) is 27.2 Å². The van der Waals surface area contributed by atoms with Crippen LogP contribution < -0.4 is 5.73 Å². The van der Waals surface area contributed by atoms with Crippen molar-refractivity contribution in [2.24, 2.45) is 7.05 Å². The summed E-state index contributed by atoms with van der Waals surface area (Å²) in [5, 5.41) is 5.84. The molecule has 0 spiro atoms. The number of ether oxygens (including phenoxy) is 1. The minimum atomic E-state index is -0.153. The highest BCUT2D eigenvalue weighted by Gasteiger charge is 2.37. The van der Waals surface area contributed by atoms with Gasteiger partial charge in [0.25, 0.3) is 0 Å². The highest BCUT2D eigenvalue weighted by atomic mass is 35.5. The Kier molecular flexibility index (Phi) is 6.12. The fourth-order valence-electron chi connectivity index (χ4n) is 4.70. The highest BCUT2D eigenvalue weighted by molar-refractivity contribution is 6.32. The number of likely N-dealkylation sites (tertiary alicyclic amines) is 1. The first-order valence-electron chi connectivity index (χ1n) is 11.4. The van der Waals surface area contributed by atoms with Crippen molar-refractivity contribution >= 4 is 45.4 Å². The summed E-state index contributed by atoms with van der Waals surface area (Å²) in [4.78, 5) is 27.3. The molecule has 0 saturated carbocycles. The van der Waals surface area contributed by atoms with E-state index < -0.39 is 0 Å². The standard InChI is InChI=1S/C25H25ClN8O2/c1-5-22(35)33-11-16(9-17(33)12-36-4)34-25-23(24(27)28-13-29-25)19(31-34)7-6-15-8-20-21(10-18(15)26)32(3)14(2)30-20/h5,8,10,13,16-17H,1,9,11-12H2,2-4H3,(H2,27,28,29)/t16-,17+/m0/s1. The largest absolute Gasteiger partial charge is 0.383 e. The summed E-state index contributed by atoms with van der Waals surface area (Å²) < 4.78 is 9.10. The second-order valence-electron chi connectivity index (χ2n) is 8.73. The molecule has 184 valence electrons. The van der Waals surface area contributed by atoms with Crippen molar-refractivity contribution in [3.63, 3.8) is 0 Å². The van der Waals surface area contributed by atoms with Crippen LogP contribution in [-0.4, -0.2) is 66.4 Å². The number of aromatic nitrogens is 6. The molecule has 0 radical (unpaired) electrons. The van der Waals surface area contributed by atoms with Gasteiger partial charge in [-0.05, 0) is 37.5 Å². The van der Waals surface area contributed by atoms with E-state index in [0.717, 1.165) is 16.9 Å². The Morgan fingerprint density at radius 3 is 2.92 bits per heavy atom. The van der Waals surface area contributed by atoms with Crippen molar-refractivity contribution in [1.82, 2.24) is 34.2 Å². The van der Waals surface area contributed by atoms with Crippen LogP contribution in [0.3, 0.4) is 0 Å². The fourth-order valence-corrected chi connectivity index (χ4v) is 4.90. The average Bonchev–Trinajstić information content (AvgIpc) is 3.52. The lowest BCUT2D eigenvalue weighted by Gasteiger charge is -2.22. The fraction of sp³-hybridized carbons (Fsp3) is 0.320. The molecule has 11 heteroatoms. The number of nitrogens with two attached hydrogens (primary N) is 1. The number of aryl methyl sites for hydroxylation is 2. The van der Waals surface area contributed by atoms with E-state index in [1.165, 1.54) is 12.4 Å².